The highest BCUT2D eigenvalue weighted by Gasteiger charge is 2.27. The van der Waals surface area contributed by atoms with Gasteiger partial charge in [-0.2, -0.15) is 4.98 Å². The van der Waals surface area contributed by atoms with Crippen molar-refractivity contribution in [1.29, 1.82) is 0 Å². The van der Waals surface area contributed by atoms with Gasteiger partial charge in [-0.3, -0.25) is 9.69 Å². The predicted molar refractivity (Wildman–Crippen MR) is 58.9 cm³/mol. The van der Waals surface area contributed by atoms with E-state index < -0.39 is 0 Å². The SMILES string of the molecule is CCOC(=O)C1CCCN(Cc2ncon2)C1. The third kappa shape index (κ3) is 3.26. The Morgan fingerprint density at radius 2 is 2.59 bits per heavy atom. The number of aromatic nitrogens is 2. The lowest BCUT2D eigenvalue weighted by molar-refractivity contribution is -0.150. The highest BCUT2D eigenvalue weighted by molar-refractivity contribution is 5.72. The summed E-state index contributed by atoms with van der Waals surface area (Å²) >= 11 is 0. The molecule has 1 saturated heterocycles. The second-order valence-corrected chi connectivity index (χ2v) is 4.17. The first-order valence-corrected chi connectivity index (χ1v) is 5.94. The maximum atomic E-state index is 11.6. The molecule has 1 unspecified atom stereocenters. The molecule has 1 aromatic heterocycles. The molecule has 2 heterocycles. The van der Waals surface area contributed by atoms with Crippen LogP contribution < -0.4 is 0 Å². The summed E-state index contributed by atoms with van der Waals surface area (Å²) in [5.41, 5.74) is 0. The third-order valence-corrected chi connectivity index (χ3v) is 2.90. The Kier molecular flexibility index (Phi) is 4.08. The van der Waals surface area contributed by atoms with Gasteiger partial charge in [-0.25, -0.2) is 0 Å². The molecule has 0 radical (unpaired) electrons. The monoisotopic (exact) mass is 239 g/mol. The van der Waals surface area contributed by atoms with Gasteiger partial charge in [-0.1, -0.05) is 5.16 Å². The van der Waals surface area contributed by atoms with Gasteiger partial charge in [0.2, 0.25) is 6.39 Å². The van der Waals surface area contributed by atoms with Gasteiger partial charge in [-0.05, 0) is 26.3 Å². The van der Waals surface area contributed by atoms with Gasteiger partial charge in [0.15, 0.2) is 5.82 Å². The standard InChI is InChI=1S/C11H17N3O3/c1-2-16-11(15)9-4-3-5-14(6-9)7-10-12-8-17-13-10/h8-9H,2-7H2,1H3. The van der Waals surface area contributed by atoms with E-state index >= 15 is 0 Å². The van der Waals surface area contributed by atoms with Gasteiger partial charge in [0.25, 0.3) is 0 Å². The van der Waals surface area contributed by atoms with Gasteiger partial charge in [0.1, 0.15) is 0 Å². The summed E-state index contributed by atoms with van der Waals surface area (Å²) in [6, 6.07) is 0. The van der Waals surface area contributed by atoms with Crippen molar-refractivity contribution in [2.45, 2.75) is 26.3 Å². The molecule has 0 bridgehead atoms. The Hall–Kier alpha value is -1.43. The van der Waals surface area contributed by atoms with Crippen molar-refractivity contribution in [3.63, 3.8) is 0 Å². The number of ether oxygens (including phenoxy) is 1. The van der Waals surface area contributed by atoms with Crippen LogP contribution in [0.5, 0.6) is 0 Å². The average Bonchev–Trinajstić information content (AvgIpc) is 2.82. The van der Waals surface area contributed by atoms with Crippen molar-refractivity contribution in [2.75, 3.05) is 19.7 Å². The van der Waals surface area contributed by atoms with Crippen molar-refractivity contribution in [3.8, 4) is 0 Å². The lowest BCUT2D eigenvalue weighted by Crippen LogP contribution is -2.39. The molecule has 0 aromatic carbocycles. The molecule has 1 atom stereocenters. The van der Waals surface area contributed by atoms with Crippen LogP contribution in [0.15, 0.2) is 10.9 Å². The van der Waals surface area contributed by atoms with E-state index in [4.69, 9.17) is 4.74 Å². The molecule has 0 amide bonds. The number of rotatable bonds is 4. The van der Waals surface area contributed by atoms with E-state index in [1.807, 2.05) is 6.92 Å². The summed E-state index contributed by atoms with van der Waals surface area (Å²) in [4.78, 5) is 17.8. The Labute approximate surface area is 99.9 Å². The van der Waals surface area contributed by atoms with Crippen LogP contribution in [0.2, 0.25) is 0 Å². The fourth-order valence-corrected chi connectivity index (χ4v) is 2.11. The number of nitrogens with zero attached hydrogens (tertiary/aromatic N) is 3. The second-order valence-electron chi connectivity index (χ2n) is 4.17. The zero-order chi connectivity index (χ0) is 12.1. The fraction of sp³-hybridized carbons (Fsp3) is 0.727. The Morgan fingerprint density at radius 3 is 3.29 bits per heavy atom. The number of piperidine rings is 1. The van der Waals surface area contributed by atoms with Gasteiger partial charge >= 0.3 is 5.97 Å². The summed E-state index contributed by atoms with van der Waals surface area (Å²) in [7, 11) is 0. The minimum Gasteiger partial charge on any atom is -0.466 e. The maximum Gasteiger partial charge on any atom is 0.310 e. The highest BCUT2D eigenvalue weighted by Crippen LogP contribution is 2.18. The molecule has 17 heavy (non-hydrogen) atoms. The molecule has 1 fully saturated rings. The first-order valence-electron chi connectivity index (χ1n) is 5.94. The van der Waals surface area contributed by atoms with E-state index in [0.29, 0.717) is 25.5 Å². The van der Waals surface area contributed by atoms with Gasteiger partial charge in [0.05, 0.1) is 19.1 Å². The van der Waals surface area contributed by atoms with Crippen molar-refractivity contribution in [2.24, 2.45) is 5.92 Å². The van der Waals surface area contributed by atoms with Gasteiger partial charge in [-0.15, -0.1) is 0 Å². The van der Waals surface area contributed by atoms with E-state index in [-0.39, 0.29) is 11.9 Å². The van der Waals surface area contributed by atoms with Crippen LogP contribution in [0.1, 0.15) is 25.6 Å². The Bertz CT molecular complexity index is 353. The van der Waals surface area contributed by atoms with Crippen molar-refractivity contribution >= 4 is 5.97 Å². The second kappa shape index (κ2) is 5.77. The predicted octanol–water partition coefficient (Wildman–Crippen LogP) is 0.845. The van der Waals surface area contributed by atoms with Crippen molar-refractivity contribution in [3.05, 3.63) is 12.2 Å². The number of carbonyl (C=O) groups is 1. The molecule has 94 valence electrons. The Morgan fingerprint density at radius 1 is 1.71 bits per heavy atom. The largest absolute Gasteiger partial charge is 0.466 e. The molecular weight excluding hydrogens is 222 g/mol. The van der Waals surface area contributed by atoms with Crippen LogP contribution in [-0.4, -0.2) is 40.7 Å². The first kappa shape index (κ1) is 12.0. The van der Waals surface area contributed by atoms with Crippen LogP contribution in [0.4, 0.5) is 0 Å². The van der Waals surface area contributed by atoms with Crippen LogP contribution in [0.25, 0.3) is 0 Å². The summed E-state index contributed by atoms with van der Waals surface area (Å²) in [6.45, 7) is 4.59. The molecule has 6 heteroatoms. The smallest absolute Gasteiger partial charge is 0.310 e. The molecule has 2 rings (SSSR count). The van der Waals surface area contributed by atoms with Gasteiger partial charge < -0.3 is 9.26 Å². The minimum atomic E-state index is -0.0923. The lowest BCUT2D eigenvalue weighted by Gasteiger charge is -2.30. The van der Waals surface area contributed by atoms with Crippen LogP contribution in [0.3, 0.4) is 0 Å². The summed E-state index contributed by atoms with van der Waals surface area (Å²) in [5, 5.41) is 3.77. The Balaban J connectivity index is 1.86. The maximum absolute atomic E-state index is 11.6. The van der Waals surface area contributed by atoms with E-state index in [2.05, 4.69) is 19.6 Å². The van der Waals surface area contributed by atoms with Crippen LogP contribution >= 0.6 is 0 Å². The lowest BCUT2D eigenvalue weighted by atomic mass is 9.98. The first-order chi connectivity index (χ1) is 8.29. The number of carbonyl (C=O) groups excluding carboxylic acids is 1. The van der Waals surface area contributed by atoms with Crippen molar-refractivity contribution < 1.29 is 14.1 Å². The molecule has 0 spiro atoms. The molecule has 0 N–H and O–H groups in total. The molecule has 0 saturated carbocycles. The number of hydrogen-bond donors (Lipinski definition) is 0. The molecule has 1 aliphatic rings. The van der Waals surface area contributed by atoms with E-state index in [1.165, 1.54) is 6.39 Å². The molecule has 6 nitrogen and oxygen atoms in total. The van der Waals surface area contributed by atoms with E-state index in [9.17, 15) is 4.79 Å². The fourth-order valence-electron chi connectivity index (χ4n) is 2.11. The molecular formula is C11H17N3O3. The molecule has 0 aliphatic carbocycles. The third-order valence-electron chi connectivity index (χ3n) is 2.90. The number of hydrogen-bond acceptors (Lipinski definition) is 6. The minimum absolute atomic E-state index is 0.0180. The normalized spacial score (nSPS) is 21.4. The summed E-state index contributed by atoms with van der Waals surface area (Å²) < 4.78 is 9.74. The van der Waals surface area contributed by atoms with Crippen LogP contribution in [0, 0.1) is 5.92 Å². The number of likely N-dealkylation sites (tertiary alicyclic amines) is 1. The van der Waals surface area contributed by atoms with Crippen molar-refractivity contribution in [1.82, 2.24) is 15.0 Å². The molecule has 1 aliphatic heterocycles. The van der Waals surface area contributed by atoms with Crippen LogP contribution in [-0.2, 0) is 16.1 Å². The van der Waals surface area contributed by atoms with Gasteiger partial charge in [0, 0.05) is 6.54 Å². The molecule has 1 aromatic rings. The van der Waals surface area contributed by atoms with E-state index in [1.54, 1.807) is 0 Å². The zero-order valence-corrected chi connectivity index (χ0v) is 9.96. The van der Waals surface area contributed by atoms with E-state index in [0.717, 1.165) is 19.4 Å². The summed E-state index contributed by atoms with van der Waals surface area (Å²) in [6.07, 6.45) is 3.23. The summed E-state index contributed by atoms with van der Waals surface area (Å²) in [5.74, 6) is 0.551. The highest BCUT2D eigenvalue weighted by atomic mass is 16.5. The topological polar surface area (TPSA) is 68.5 Å². The number of esters is 1. The quantitative estimate of drug-likeness (QED) is 0.725. The average molecular weight is 239 g/mol. The zero-order valence-electron chi connectivity index (χ0n) is 9.96.